The molecule has 1 atom stereocenters. The molecule has 16 heavy (non-hydrogen) atoms. The lowest BCUT2D eigenvalue weighted by molar-refractivity contribution is 0.251. The number of nitrogens with one attached hydrogen (secondary N) is 2. The van der Waals surface area contributed by atoms with Gasteiger partial charge in [-0.3, -0.25) is 0 Å². The van der Waals surface area contributed by atoms with Gasteiger partial charge < -0.3 is 10.6 Å². The molecule has 1 unspecified atom stereocenters. The van der Waals surface area contributed by atoms with Gasteiger partial charge in [0.1, 0.15) is 0 Å². The summed E-state index contributed by atoms with van der Waals surface area (Å²) < 4.78 is 0. The molecule has 0 saturated carbocycles. The van der Waals surface area contributed by atoms with Crippen molar-refractivity contribution in [3.63, 3.8) is 0 Å². The first-order valence-corrected chi connectivity index (χ1v) is 5.26. The van der Waals surface area contributed by atoms with Crippen LogP contribution >= 0.6 is 23.2 Å². The summed E-state index contributed by atoms with van der Waals surface area (Å²) in [5.41, 5.74) is 0.513. The first-order valence-electron chi connectivity index (χ1n) is 4.51. The second-order valence-corrected chi connectivity index (χ2v) is 4.02. The van der Waals surface area contributed by atoms with Crippen LogP contribution < -0.4 is 10.6 Å². The lowest BCUT2D eigenvalue weighted by Gasteiger charge is -2.10. The van der Waals surface area contributed by atoms with Gasteiger partial charge in [0.2, 0.25) is 0 Å². The van der Waals surface area contributed by atoms with Gasteiger partial charge in [0, 0.05) is 15.7 Å². The van der Waals surface area contributed by atoms with Crippen molar-refractivity contribution in [2.75, 3.05) is 5.32 Å². The molecule has 2 N–H and O–H groups in total. The van der Waals surface area contributed by atoms with E-state index in [1.807, 2.05) is 0 Å². The van der Waals surface area contributed by atoms with E-state index in [1.54, 1.807) is 25.1 Å². The van der Waals surface area contributed by atoms with Crippen LogP contribution in [0.4, 0.5) is 10.5 Å². The maximum absolute atomic E-state index is 11.4. The van der Waals surface area contributed by atoms with Crippen LogP contribution in [0, 0.1) is 12.3 Å². The molecule has 1 aromatic carbocycles. The molecule has 2 amide bonds. The van der Waals surface area contributed by atoms with Gasteiger partial charge in [-0.1, -0.05) is 29.1 Å². The van der Waals surface area contributed by atoms with Crippen LogP contribution in [0.5, 0.6) is 0 Å². The van der Waals surface area contributed by atoms with Crippen molar-refractivity contribution < 1.29 is 4.79 Å². The Kier molecular flexibility index (Phi) is 4.48. The fourth-order valence-electron chi connectivity index (χ4n) is 1.03. The number of amides is 2. The Morgan fingerprint density at radius 1 is 1.38 bits per heavy atom. The molecule has 0 aliphatic rings. The van der Waals surface area contributed by atoms with Gasteiger partial charge in [0.05, 0.1) is 6.04 Å². The van der Waals surface area contributed by atoms with E-state index < -0.39 is 6.03 Å². The van der Waals surface area contributed by atoms with Gasteiger partial charge in [-0.25, -0.2) is 4.79 Å². The number of halogens is 2. The monoisotopic (exact) mass is 256 g/mol. The number of carbonyl (C=O) groups is 1. The van der Waals surface area contributed by atoms with Crippen LogP contribution in [-0.2, 0) is 0 Å². The van der Waals surface area contributed by atoms with Gasteiger partial charge in [0.25, 0.3) is 0 Å². The smallest absolute Gasteiger partial charge is 0.320 e. The van der Waals surface area contributed by atoms with E-state index in [2.05, 4.69) is 16.6 Å². The van der Waals surface area contributed by atoms with Gasteiger partial charge in [-0.05, 0) is 25.1 Å². The summed E-state index contributed by atoms with van der Waals surface area (Å²) >= 11 is 11.6. The van der Waals surface area contributed by atoms with Crippen LogP contribution in [0.25, 0.3) is 0 Å². The largest absolute Gasteiger partial charge is 0.325 e. The summed E-state index contributed by atoms with van der Waals surface area (Å²) in [6.07, 6.45) is 5.13. The normalized spacial score (nSPS) is 11.4. The molecule has 5 heteroatoms. The number of benzene rings is 1. The molecule has 0 aromatic heterocycles. The molecule has 0 spiro atoms. The van der Waals surface area contributed by atoms with Gasteiger partial charge in [-0.15, -0.1) is 6.42 Å². The van der Waals surface area contributed by atoms with Crippen molar-refractivity contribution in [3.8, 4) is 12.3 Å². The average Bonchev–Trinajstić information content (AvgIpc) is 2.15. The Morgan fingerprint density at radius 2 is 1.94 bits per heavy atom. The van der Waals surface area contributed by atoms with Gasteiger partial charge in [0.15, 0.2) is 0 Å². The van der Waals surface area contributed by atoms with Crippen molar-refractivity contribution >= 4 is 34.9 Å². The minimum absolute atomic E-state index is 0.338. The summed E-state index contributed by atoms with van der Waals surface area (Å²) in [6.45, 7) is 1.70. The minimum atomic E-state index is -0.399. The third kappa shape index (κ3) is 4.01. The highest BCUT2D eigenvalue weighted by atomic mass is 35.5. The summed E-state index contributed by atoms with van der Waals surface area (Å²) in [5.74, 6) is 2.38. The highest BCUT2D eigenvalue weighted by molar-refractivity contribution is 6.35. The molecule has 3 nitrogen and oxygen atoms in total. The molecular formula is C11H10Cl2N2O. The molecular weight excluding hydrogens is 247 g/mol. The fraction of sp³-hybridized carbons (Fsp3) is 0.182. The third-order valence-corrected chi connectivity index (χ3v) is 2.15. The van der Waals surface area contributed by atoms with Crippen LogP contribution in [0.3, 0.4) is 0 Å². The Balaban J connectivity index is 2.67. The lowest BCUT2D eigenvalue weighted by Crippen LogP contribution is -2.35. The number of rotatable bonds is 2. The zero-order chi connectivity index (χ0) is 12.1. The molecule has 0 saturated heterocycles. The summed E-state index contributed by atoms with van der Waals surface area (Å²) in [4.78, 5) is 11.4. The number of hydrogen-bond donors (Lipinski definition) is 2. The summed E-state index contributed by atoms with van der Waals surface area (Å²) in [6, 6.07) is 4.02. The van der Waals surface area contributed by atoms with Crippen molar-refractivity contribution in [2.45, 2.75) is 13.0 Å². The average molecular weight is 257 g/mol. The van der Waals surface area contributed by atoms with E-state index >= 15 is 0 Å². The molecule has 0 fully saturated rings. The first-order chi connectivity index (χ1) is 7.51. The molecule has 0 aliphatic carbocycles. The highest BCUT2D eigenvalue weighted by Crippen LogP contribution is 2.22. The third-order valence-electron chi connectivity index (χ3n) is 1.72. The molecule has 84 valence electrons. The minimum Gasteiger partial charge on any atom is -0.325 e. The van der Waals surface area contributed by atoms with E-state index in [1.165, 1.54) is 0 Å². The standard InChI is InChI=1S/C11H10Cl2N2O/c1-3-7(2)14-11(16)15-10-5-8(12)4-9(13)6-10/h1,4-7H,2H3,(H2,14,15,16). The Morgan fingerprint density at radius 3 is 2.44 bits per heavy atom. The number of hydrogen-bond acceptors (Lipinski definition) is 1. The van der Waals surface area contributed by atoms with Crippen molar-refractivity contribution in [1.82, 2.24) is 5.32 Å². The first kappa shape index (κ1) is 12.7. The molecule has 0 aliphatic heterocycles. The van der Waals surface area contributed by atoms with Crippen molar-refractivity contribution in [3.05, 3.63) is 28.2 Å². The molecule has 0 heterocycles. The Labute approximate surface area is 104 Å². The SMILES string of the molecule is C#CC(C)NC(=O)Nc1cc(Cl)cc(Cl)c1. The molecule has 1 aromatic rings. The zero-order valence-electron chi connectivity index (χ0n) is 8.55. The van der Waals surface area contributed by atoms with E-state index in [-0.39, 0.29) is 6.04 Å². The zero-order valence-corrected chi connectivity index (χ0v) is 10.1. The quantitative estimate of drug-likeness (QED) is 0.785. The van der Waals surface area contributed by atoms with E-state index in [0.717, 1.165) is 0 Å². The summed E-state index contributed by atoms with van der Waals surface area (Å²) in [7, 11) is 0. The predicted octanol–water partition coefficient (Wildman–Crippen LogP) is 3.14. The van der Waals surface area contributed by atoms with Crippen molar-refractivity contribution in [2.24, 2.45) is 0 Å². The van der Waals surface area contributed by atoms with Crippen LogP contribution in [0.1, 0.15) is 6.92 Å². The second kappa shape index (κ2) is 5.64. The molecule has 1 rings (SSSR count). The maximum atomic E-state index is 11.4. The van der Waals surface area contributed by atoms with Crippen LogP contribution in [-0.4, -0.2) is 12.1 Å². The second-order valence-electron chi connectivity index (χ2n) is 3.14. The highest BCUT2D eigenvalue weighted by Gasteiger charge is 2.05. The number of terminal acetylenes is 1. The Bertz CT molecular complexity index is 420. The van der Waals surface area contributed by atoms with E-state index in [0.29, 0.717) is 15.7 Å². The van der Waals surface area contributed by atoms with E-state index in [9.17, 15) is 4.79 Å². The van der Waals surface area contributed by atoms with Gasteiger partial charge in [-0.2, -0.15) is 0 Å². The van der Waals surface area contributed by atoms with Crippen LogP contribution in [0.15, 0.2) is 18.2 Å². The van der Waals surface area contributed by atoms with Crippen LogP contribution in [0.2, 0.25) is 10.0 Å². The molecule has 0 bridgehead atoms. The molecule has 0 radical (unpaired) electrons. The van der Waals surface area contributed by atoms with E-state index in [4.69, 9.17) is 29.6 Å². The maximum Gasteiger partial charge on any atom is 0.320 e. The Hall–Kier alpha value is -1.37. The number of anilines is 1. The predicted molar refractivity (Wildman–Crippen MR) is 66.9 cm³/mol. The topological polar surface area (TPSA) is 41.1 Å². The lowest BCUT2D eigenvalue weighted by atomic mass is 10.3. The number of urea groups is 1. The van der Waals surface area contributed by atoms with Crippen molar-refractivity contribution in [1.29, 1.82) is 0 Å². The van der Waals surface area contributed by atoms with Gasteiger partial charge >= 0.3 is 6.03 Å². The fourth-order valence-corrected chi connectivity index (χ4v) is 1.56. The summed E-state index contributed by atoms with van der Waals surface area (Å²) in [5, 5.41) is 6.02. The number of carbonyl (C=O) groups excluding carboxylic acids is 1.